The van der Waals surface area contributed by atoms with Gasteiger partial charge in [0.2, 0.25) is 0 Å². The third-order valence-corrected chi connectivity index (χ3v) is 3.04. The van der Waals surface area contributed by atoms with E-state index in [4.69, 9.17) is 4.74 Å². The summed E-state index contributed by atoms with van der Waals surface area (Å²) in [5, 5.41) is 0. The van der Waals surface area contributed by atoms with E-state index in [0.717, 1.165) is 4.57 Å². The molecular weight excluding hydrogens is 365 g/mol. The van der Waals surface area contributed by atoms with Gasteiger partial charge in [-0.1, -0.05) is 23.7 Å². The van der Waals surface area contributed by atoms with Crippen LogP contribution in [0.4, 0.5) is 8.78 Å². The van der Waals surface area contributed by atoms with Crippen LogP contribution in [0, 0.1) is 13.0 Å². The summed E-state index contributed by atoms with van der Waals surface area (Å²) in [5.74, 6) is 0.691. The molecule has 2 aromatic rings. The first-order chi connectivity index (χ1) is 10.0. The molecule has 1 aromatic carbocycles. The molecule has 0 bridgehead atoms. The molecule has 0 unspecified atom stereocenters. The van der Waals surface area contributed by atoms with Crippen LogP contribution < -0.4 is 10.3 Å². The van der Waals surface area contributed by atoms with Crippen molar-refractivity contribution in [3.05, 3.63) is 52.3 Å². The Labute approximate surface area is 153 Å². The smallest absolute Gasteiger partial charge is 0.256 e. The van der Waals surface area contributed by atoms with Gasteiger partial charge < -0.3 is 9.30 Å². The van der Waals surface area contributed by atoms with E-state index < -0.39 is 18.5 Å². The summed E-state index contributed by atoms with van der Waals surface area (Å²) in [7, 11) is 0. The molecule has 1 radical (unpaired) electrons. The predicted octanol–water partition coefficient (Wildman–Crippen LogP) is 3.29. The van der Waals surface area contributed by atoms with Crippen molar-refractivity contribution in [1.82, 2.24) is 4.57 Å². The van der Waals surface area contributed by atoms with Gasteiger partial charge >= 0.3 is 0 Å². The summed E-state index contributed by atoms with van der Waals surface area (Å²) >= 11 is 0. The molecule has 22 heavy (non-hydrogen) atoms. The van der Waals surface area contributed by atoms with Gasteiger partial charge in [0.15, 0.2) is 5.56 Å². The van der Waals surface area contributed by atoms with Crippen molar-refractivity contribution in [2.24, 2.45) is 0 Å². The van der Waals surface area contributed by atoms with Crippen LogP contribution in [0.15, 0.2) is 35.1 Å². The fourth-order valence-corrected chi connectivity index (χ4v) is 2.06. The van der Waals surface area contributed by atoms with Gasteiger partial charge in [0.25, 0.3) is 6.43 Å². The summed E-state index contributed by atoms with van der Waals surface area (Å²) in [6, 6.07) is 11.4. The van der Waals surface area contributed by atoms with Crippen molar-refractivity contribution >= 4 is 0 Å². The van der Waals surface area contributed by atoms with E-state index in [2.05, 4.69) is 6.07 Å². The monoisotopic (exact) mass is 381 g/mol. The summed E-state index contributed by atoms with van der Waals surface area (Å²) in [5.41, 5.74) is 0.980. The molecule has 0 atom stereocenters. The van der Waals surface area contributed by atoms with Gasteiger partial charge in [-0.3, -0.25) is 4.79 Å². The zero-order valence-corrected chi connectivity index (χ0v) is 15.3. The standard InChI is InChI=1S/C16H16F2NO2.Y/c1-3-21-13-7-5-12(6-8-13)14-9-4-11(2)16(20)19(14)10-15(17)18;/h4-8,15H,3,10H2,1-2H3;/q-1;. The Balaban J connectivity index is 0.00000242. The van der Waals surface area contributed by atoms with Crippen LogP contribution in [0.25, 0.3) is 11.3 Å². The number of nitrogens with zero attached hydrogens (tertiary/aromatic N) is 1. The Hall–Kier alpha value is -1.07. The van der Waals surface area contributed by atoms with E-state index in [1.54, 1.807) is 31.2 Å². The number of hydrogen-bond acceptors (Lipinski definition) is 2. The Kier molecular flexibility index (Phi) is 7.36. The van der Waals surface area contributed by atoms with Crippen LogP contribution in [-0.2, 0) is 39.3 Å². The molecule has 0 saturated heterocycles. The van der Waals surface area contributed by atoms with E-state index in [9.17, 15) is 13.6 Å². The average Bonchev–Trinajstić information content (AvgIpc) is 2.45. The Morgan fingerprint density at radius 1 is 1.27 bits per heavy atom. The van der Waals surface area contributed by atoms with Crippen molar-refractivity contribution in [2.45, 2.75) is 26.8 Å². The van der Waals surface area contributed by atoms with Crippen molar-refractivity contribution in [2.75, 3.05) is 6.61 Å². The largest absolute Gasteiger partial charge is 0.494 e. The second kappa shape index (κ2) is 8.54. The summed E-state index contributed by atoms with van der Waals surface area (Å²) in [4.78, 5) is 12.1. The summed E-state index contributed by atoms with van der Waals surface area (Å²) < 4.78 is 31.8. The number of aryl methyl sites for hydroxylation is 1. The second-order valence-electron chi connectivity index (χ2n) is 4.58. The maximum absolute atomic E-state index is 12.7. The molecule has 0 aliphatic heterocycles. The second-order valence-corrected chi connectivity index (χ2v) is 4.58. The van der Waals surface area contributed by atoms with Crippen molar-refractivity contribution in [3.63, 3.8) is 0 Å². The fraction of sp³-hybridized carbons (Fsp3) is 0.312. The number of benzene rings is 1. The van der Waals surface area contributed by atoms with Gasteiger partial charge in [0.1, 0.15) is 5.75 Å². The van der Waals surface area contributed by atoms with Gasteiger partial charge in [-0.15, -0.1) is 12.1 Å². The van der Waals surface area contributed by atoms with E-state index in [0.29, 0.717) is 29.2 Å². The number of rotatable bonds is 5. The topological polar surface area (TPSA) is 31.2 Å². The van der Waals surface area contributed by atoms with Crippen molar-refractivity contribution < 1.29 is 46.2 Å². The van der Waals surface area contributed by atoms with Crippen LogP contribution in [0.5, 0.6) is 5.75 Å². The first-order valence-electron chi connectivity index (χ1n) is 6.66. The minimum Gasteiger partial charge on any atom is -0.494 e. The quantitative estimate of drug-likeness (QED) is 0.745. The predicted molar refractivity (Wildman–Crippen MR) is 76.9 cm³/mol. The van der Waals surface area contributed by atoms with Gasteiger partial charge in [-0.05, 0) is 19.1 Å². The first-order valence-corrected chi connectivity index (χ1v) is 6.66. The van der Waals surface area contributed by atoms with Crippen LogP contribution in [0.2, 0.25) is 0 Å². The van der Waals surface area contributed by atoms with Crippen LogP contribution in [0.1, 0.15) is 12.5 Å². The number of alkyl halides is 2. The maximum Gasteiger partial charge on any atom is 0.256 e. The number of hydrogen-bond donors (Lipinski definition) is 0. The zero-order valence-electron chi connectivity index (χ0n) is 12.5. The van der Waals surface area contributed by atoms with Crippen LogP contribution in [-0.4, -0.2) is 17.6 Å². The van der Waals surface area contributed by atoms with Gasteiger partial charge in [-0.2, -0.15) is 12.1 Å². The minimum absolute atomic E-state index is 0. The van der Waals surface area contributed by atoms with E-state index in [-0.39, 0.29) is 32.7 Å². The van der Waals surface area contributed by atoms with E-state index in [1.807, 2.05) is 6.92 Å². The first kappa shape index (κ1) is 19.0. The van der Waals surface area contributed by atoms with E-state index >= 15 is 0 Å². The van der Waals surface area contributed by atoms with Crippen molar-refractivity contribution in [3.8, 4) is 17.0 Å². The Morgan fingerprint density at radius 3 is 2.45 bits per heavy atom. The molecule has 0 spiro atoms. The third kappa shape index (κ3) is 4.46. The van der Waals surface area contributed by atoms with Crippen molar-refractivity contribution in [1.29, 1.82) is 0 Å². The number of pyridine rings is 1. The SMILES string of the molecule is CCOc1ccc(-c2[c-]cc(C)c(=O)n2CC(F)F)cc1.[Y]. The molecule has 0 aliphatic carbocycles. The molecule has 115 valence electrons. The molecule has 0 saturated carbocycles. The van der Waals surface area contributed by atoms with Gasteiger partial charge in [-0.25, -0.2) is 8.78 Å². The van der Waals surface area contributed by atoms with E-state index in [1.165, 1.54) is 6.07 Å². The molecule has 6 heteroatoms. The molecule has 0 amide bonds. The molecule has 1 aromatic heterocycles. The van der Waals surface area contributed by atoms with Crippen LogP contribution >= 0.6 is 0 Å². The maximum atomic E-state index is 12.7. The molecule has 0 fully saturated rings. The molecular formula is C16H16F2NO2Y-. The molecule has 0 N–H and O–H groups in total. The summed E-state index contributed by atoms with van der Waals surface area (Å²) in [6.07, 6.45) is -2.60. The number of aromatic nitrogens is 1. The van der Waals surface area contributed by atoms with Gasteiger partial charge in [0, 0.05) is 32.7 Å². The Bertz CT molecular complexity index is 669. The Morgan fingerprint density at radius 2 is 1.91 bits per heavy atom. The molecule has 2 rings (SSSR count). The zero-order chi connectivity index (χ0) is 15.4. The normalized spacial score (nSPS) is 10.4. The third-order valence-electron chi connectivity index (χ3n) is 3.04. The molecule has 3 nitrogen and oxygen atoms in total. The molecule has 0 aliphatic rings. The number of halogens is 2. The number of ether oxygens (including phenoxy) is 1. The summed E-state index contributed by atoms with van der Waals surface area (Å²) in [6.45, 7) is 3.37. The molecule has 1 heterocycles. The van der Waals surface area contributed by atoms with Gasteiger partial charge in [0.05, 0.1) is 13.2 Å². The fourth-order valence-electron chi connectivity index (χ4n) is 2.06. The average molecular weight is 381 g/mol. The van der Waals surface area contributed by atoms with Crippen LogP contribution in [0.3, 0.4) is 0 Å². The minimum atomic E-state index is -2.60.